The molecule has 21 heavy (non-hydrogen) atoms. The Balaban J connectivity index is 2.37. The SMILES string of the molecule is CC(C)[C@@H](CO)Nc1cnn(-c2ccccc2)c(=O)c1Cl. The molecule has 0 aliphatic heterocycles. The van der Waals surface area contributed by atoms with E-state index in [2.05, 4.69) is 10.4 Å². The number of halogens is 1. The fraction of sp³-hybridized carbons (Fsp3) is 0.333. The molecule has 0 amide bonds. The summed E-state index contributed by atoms with van der Waals surface area (Å²) in [5.41, 5.74) is 0.688. The predicted molar refractivity (Wildman–Crippen MR) is 84.2 cm³/mol. The third-order valence-corrected chi connectivity index (χ3v) is 3.63. The normalized spacial score (nSPS) is 12.4. The molecular formula is C15H18ClN3O2. The first kappa shape index (κ1) is 15.5. The van der Waals surface area contributed by atoms with Gasteiger partial charge in [-0.1, -0.05) is 43.6 Å². The van der Waals surface area contributed by atoms with Crippen LogP contribution >= 0.6 is 11.6 Å². The lowest BCUT2D eigenvalue weighted by Crippen LogP contribution is -2.31. The molecular weight excluding hydrogens is 290 g/mol. The number of anilines is 1. The van der Waals surface area contributed by atoms with E-state index < -0.39 is 5.56 Å². The molecule has 2 aromatic rings. The van der Waals surface area contributed by atoms with Gasteiger partial charge in [0.15, 0.2) is 0 Å². The first-order valence-corrected chi connectivity index (χ1v) is 7.13. The Labute approximate surface area is 128 Å². The standard InChI is InChI=1S/C15H18ClN3O2/c1-10(2)13(9-20)18-12-8-17-19(15(21)14(12)16)11-6-4-3-5-7-11/h3-8,10,13,18,20H,9H2,1-2H3/t13-/m1/s1. The molecule has 0 spiro atoms. The Hall–Kier alpha value is -1.85. The van der Waals surface area contributed by atoms with Crippen LogP contribution in [0.5, 0.6) is 0 Å². The summed E-state index contributed by atoms with van der Waals surface area (Å²) in [4.78, 5) is 12.3. The van der Waals surface area contributed by atoms with Crippen LogP contribution < -0.4 is 10.9 Å². The van der Waals surface area contributed by atoms with Gasteiger partial charge >= 0.3 is 0 Å². The lowest BCUT2D eigenvalue weighted by molar-refractivity contribution is 0.249. The van der Waals surface area contributed by atoms with E-state index in [4.69, 9.17) is 11.6 Å². The van der Waals surface area contributed by atoms with Crippen molar-refractivity contribution in [2.45, 2.75) is 19.9 Å². The Kier molecular flexibility index (Phi) is 4.98. The summed E-state index contributed by atoms with van der Waals surface area (Å²) in [5, 5.41) is 16.6. The first-order chi connectivity index (χ1) is 10.0. The van der Waals surface area contributed by atoms with Crippen LogP contribution in [-0.2, 0) is 0 Å². The first-order valence-electron chi connectivity index (χ1n) is 6.75. The molecule has 1 atom stereocenters. The zero-order valence-electron chi connectivity index (χ0n) is 12.0. The molecule has 0 saturated carbocycles. The van der Waals surface area contributed by atoms with Crippen molar-refractivity contribution in [2.24, 2.45) is 5.92 Å². The fourth-order valence-corrected chi connectivity index (χ4v) is 2.09. The molecule has 112 valence electrons. The van der Waals surface area contributed by atoms with Crippen molar-refractivity contribution in [3.8, 4) is 5.69 Å². The molecule has 0 aliphatic carbocycles. The van der Waals surface area contributed by atoms with Crippen LogP contribution in [0.4, 0.5) is 5.69 Å². The van der Waals surface area contributed by atoms with E-state index in [0.717, 1.165) is 0 Å². The van der Waals surface area contributed by atoms with Crippen molar-refractivity contribution in [3.63, 3.8) is 0 Å². The number of nitrogens with one attached hydrogen (secondary N) is 1. The summed E-state index contributed by atoms with van der Waals surface area (Å²) < 4.78 is 1.25. The molecule has 0 saturated heterocycles. The Morgan fingerprint density at radius 2 is 2.00 bits per heavy atom. The summed E-state index contributed by atoms with van der Waals surface area (Å²) >= 11 is 6.14. The van der Waals surface area contributed by atoms with Gasteiger partial charge in [0.25, 0.3) is 5.56 Å². The summed E-state index contributed by atoms with van der Waals surface area (Å²) in [6, 6.07) is 8.89. The maximum Gasteiger partial charge on any atom is 0.292 e. The largest absolute Gasteiger partial charge is 0.394 e. The van der Waals surface area contributed by atoms with E-state index in [1.54, 1.807) is 12.1 Å². The second-order valence-electron chi connectivity index (χ2n) is 5.10. The van der Waals surface area contributed by atoms with E-state index in [1.807, 2.05) is 32.0 Å². The van der Waals surface area contributed by atoms with Crippen LogP contribution in [0.3, 0.4) is 0 Å². The average molecular weight is 308 g/mol. The molecule has 2 rings (SSSR count). The Morgan fingerprint density at radius 3 is 2.57 bits per heavy atom. The van der Waals surface area contributed by atoms with Gasteiger partial charge < -0.3 is 10.4 Å². The van der Waals surface area contributed by atoms with Crippen LogP contribution in [0.15, 0.2) is 41.3 Å². The predicted octanol–water partition coefficient (Wildman–Crippen LogP) is 2.31. The minimum atomic E-state index is -0.395. The quantitative estimate of drug-likeness (QED) is 0.889. The van der Waals surface area contributed by atoms with E-state index in [-0.39, 0.29) is 23.6 Å². The maximum atomic E-state index is 12.3. The minimum absolute atomic E-state index is 0.0459. The third-order valence-electron chi connectivity index (χ3n) is 3.26. The van der Waals surface area contributed by atoms with Crippen LogP contribution in [0.2, 0.25) is 5.02 Å². The summed E-state index contributed by atoms with van der Waals surface area (Å²) in [6.45, 7) is 3.90. The minimum Gasteiger partial charge on any atom is -0.394 e. The summed E-state index contributed by atoms with van der Waals surface area (Å²) in [7, 11) is 0. The van der Waals surface area contributed by atoms with Crippen molar-refractivity contribution in [1.82, 2.24) is 9.78 Å². The van der Waals surface area contributed by atoms with Gasteiger partial charge in [-0.2, -0.15) is 9.78 Å². The van der Waals surface area contributed by atoms with Gasteiger partial charge in [-0.15, -0.1) is 0 Å². The van der Waals surface area contributed by atoms with E-state index in [1.165, 1.54) is 10.9 Å². The second-order valence-corrected chi connectivity index (χ2v) is 5.48. The second kappa shape index (κ2) is 6.74. The molecule has 0 aliphatic rings. The summed E-state index contributed by atoms with van der Waals surface area (Å²) in [6.07, 6.45) is 1.50. The highest BCUT2D eigenvalue weighted by Gasteiger charge is 2.16. The topological polar surface area (TPSA) is 67.2 Å². The number of aliphatic hydroxyl groups is 1. The van der Waals surface area contributed by atoms with Gasteiger partial charge in [0.2, 0.25) is 0 Å². The van der Waals surface area contributed by atoms with Gasteiger partial charge in [0.05, 0.1) is 30.2 Å². The maximum absolute atomic E-state index is 12.3. The van der Waals surface area contributed by atoms with Crippen molar-refractivity contribution < 1.29 is 5.11 Å². The van der Waals surface area contributed by atoms with E-state index >= 15 is 0 Å². The third kappa shape index (κ3) is 3.43. The number of rotatable bonds is 5. The number of hydrogen-bond donors (Lipinski definition) is 2. The van der Waals surface area contributed by atoms with Crippen molar-refractivity contribution >= 4 is 17.3 Å². The molecule has 1 heterocycles. The monoisotopic (exact) mass is 307 g/mol. The highest BCUT2D eigenvalue weighted by Crippen LogP contribution is 2.19. The number of aliphatic hydroxyl groups excluding tert-OH is 1. The van der Waals surface area contributed by atoms with Crippen molar-refractivity contribution in [2.75, 3.05) is 11.9 Å². The zero-order chi connectivity index (χ0) is 15.4. The van der Waals surface area contributed by atoms with Gasteiger partial charge in [0.1, 0.15) is 5.02 Å². The molecule has 1 aromatic heterocycles. The lowest BCUT2D eigenvalue weighted by Gasteiger charge is -2.21. The van der Waals surface area contributed by atoms with Gasteiger partial charge in [-0.3, -0.25) is 4.79 Å². The highest BCUT2D eigenvalue weighted by atomic mass is 35.5. The molecule has 0 bridgehead atoms. The van der Waals surface area contributed by atoms with Gasteiger partial charge in [-0.25, -0.2) is 0 Å². The molecule has 2 N–H and O–H groups in total. The molecule has 5 nitrogen and oxygen atoms in total. The van der Waals surface area contributed by atoms with Crippen LogP contribution in [0.25, 0.3) is 5.69 Å². The van der Waals surface area contributed by atoms with Crippen LogP contribution in [0.1, 0.15) is 13.8 Å². The van der Waals surface area contributed by atoms with Crippen molar-refractivity contribution in [3.05, 3.63) is 51.9 Å². The lowest BCUT2D eigenvalue weighted by atomic mass is 10.1. The molecule has 0 unspecified atom stereocenters. The summed E-state index contributed by atoms with van der Waals surface area (Å²) in [5.74, 6) is 0.197. The van der Waals surface area contributed by atoms with Gasteiger partial charge in [-0.05, 0) is 18.1 Å². The zero-order valence-corrected chi connectivity index (χ0v) is 12.7. The Morgan fingerprint density at radius 1 is 1.33 bits per heavy atom. The van der Waals surface area contributed by atoms with Gasteiger partial charge in [0, 0.05) is 0 Å². The number of hydrogen-bond acceptors (Lipinski definition) is 4. The molecule has 0 radical (unpaired) electrons. The van der Waals surface area contributed by atoms with E-state index in [0.29, 0.717) is 11.4 Å². The molecule has 0 fully saturated rings. The Bertz CT molecular complexity index is 656. The van der Waals surface area contributed by atoms with Crippen LogP contribution in [0, 0.1) is 5.92 Å². The average Bonchev–Trinajstić information content (AvgIpc) is 2.49. The van der Waals surface area contributed by atoms with Crippen LogP contribution in [-0.4, -0.2) is 27.5 Å². The smallest absolute Gasteiger partial charge is 0.292 e. The number of nitrogens with zero attached hydrogens (tertiary/aromatic N) is 2. The van der Waals surface area contributed by atoms with Crippen molar-refractivity contribution in [1.29, 1.82) is 0 Å². The fourth-order valence-electron chi connectivity index (χ4n) is 1.91. The number of aromatic nitrogens is 2. The number of para-hydroxylation sites is 1. The molecule has 1 aromatic carbocycles. The highest BCUT2D eigenvalue weighted by molar-refractivity contribution is 6.32. The van der Waals surface area contributed by atoms with E-state index in [9.17, 15) is 9.90 Å². The number of benzene rings is 1. The molecule has 6 heteroatoms.